The topological polar surface area (TPSA) is 17.3 Å². The van der Waals surface area contributed by atoms with Crippen molar-refractivity contribution in [3.05, 3.63) is 57.8 Å². The predicted octanol–water partition coefficient (Wildman–Crippen LogP) is 3.98. The molecule has 0 bridgehead atoms. The van der Waals surface area contributed by atoms with E-state index in [1.54, 1.807) is 0 Å². The van der Waals surface area contributed by atoms with Crippen LogP contribution in [0.2, 0.25) is 0 Å². The van der Waals surface area contributed by atoms with E-state index in [0.29, 0.717) is 0 Å². The highest BCUT2D eigenvalue weighted by Crippen LogP contribution is 2.37. The molecule has 88 valence electrons. The van der Waals surface area contributed by atoms with Crippen molar-refractivity contribution < 1.29 is 0 Å². The Bertz CT molecular complexity index is 787. The fraction of sp³-hybridized carbons (Fsp3) is 0.133. The van der Waals surface area contributed by atoms with Gasteiger partial charge in [0.1, 0.15) is 5.65 Å². The number of benzene rings is 1. The van der Waals surface area contributed by atoms with Crippen LogP contribution in [-0.2, 0) is 6.42 Å². The first kappa shape index (κ1) is 10.3. The Hall–Kier alpha value is -1.61. The number of hydrogen-bond acceptors (Lipinski definition) is 1. The summed E-state index contributed by atoms with van der Waals surface area (Å²) in [6, 6.07) is 10.7. The van der Waals surface area contributed by atoms with E-state index in [0.717, 1.165) is 22.2 Å². The summed E-state index contributed by atoms with van der Waals surface area (Å²) in [6.07, 6.45) is 3.07. The number of halogens is 1. The molecular weight excluding hydrogens is 288 g/mol. The van der Waals surface area contributed by atoms with Crippen LogP contribution in [0.4, 0.5) is 0 Å². The lowest BCUT2D eigenvalue weighted by molar-refractivity contribution is 1.04. The molecule has 0 saturated heterocycles. The summed E-state index contributed by atoms with van der Waals surface area (Å²) in [7, 11) is 0. The van der Waals surface area contributed by atoms with Crippen molar-refractivity contribution in [2.75, 3.05) is 0 Å². The SMILES string of the molecule is Cc1ccc2c(c1)-c1nc3ccc(Br)cn3c1C2. The molecule has 0 unspecified atom stereocenters. The number of nitrogens with zero attached hydrogens (tertiary/aromatic N) is 2. The molecule has 3 aromatic rings. The minimum absolute atomic E-state index is 0.975. The third-order valence-electron chi connectivity index (χ3n) is 3.56. The van der Waals surface area contributed by atoms with Gasteiger partial charge in [0.15, 0.2) is 0 Å². The number of imidazole rings is 1. The molecule has 0 atom stereocenters. The molecule has 0 spiro atoms. The lowest BCUT2D eigenvalue weighted by Gasteiger charge is -2.01. The monoisotopic (exact) mass is 298 g/mol. The fourth-order valence-electron chi connectivity index (χ4n) is 2.70. The Morgan fingerprint density at radius 1 is 1.22 bits per heavy atom. The molecule has 0 fully saturated rings. The van der Waals surface area contributed by atoms with Crippen LogP contribution in [-0.4, -0.2) is 9.38 Å². The fourth-order valence-corrected chi connectivity index (χ4v) is 3.03. The Morgan fingerprint density at radius 3 is 3.00 bits per heavy atom. The van der Waals surface area contributed by atoms with Crippen molar-refractivity contribution in [3.8, 4) is 11.3 Å². The summed E-state index contributed by atoms with van der Waals surface area (Å²) in [5, 5.41) is 0. The quantitative estimate of drug-likeness (QED) is 0.480. The molecule has 0 radical (unpaired) electrons. The first-order valence-corrected chi connectivity index (χ1v) is 6.78. The largest absolute Gasteiger partial charge is 0.302 e. The highest BCUT2D eigenvalue weighted by Gasteiger charge is 2.23. The summed E-state index contributed by atoms with van der Waals surface area (Å²) in [6.45, 7) is 2.13. The molecule has 4 rings (SSSR count). The van der Waals surface area contributed by atoms with E-state index in [9.17, 15) is 0 Å². The number of hydrogen-bond donors (Lipinski definition) is 0. The number of rotatable bonds is 0. The second-order valence-electron chi connectivity index (χ2n) is 4.82. The number of pyridine rings is 1. The molecule has 0 aliphatic heterocycles. The second-order valence-corrected chi connectivity index (χ2v) is 5.74. The van der Waals surface area contributed by atoms with Crippen LogP contribution < -0.4 is 0 Å². The standard InChI is InChI=1S/C15H11BrN2/c1-9-2-3-10-7-13-15(12(10)6-9)17-14-5-4-11(16)8-18(13)14/h2-6,8H,7H2,1H3. The first-order chi connectivity index (χ1) is 8.72. The maximum absolute atomic E-state index is 4.76. The Kier molecular flexibility index (Phi) is 1.98. The Labute approximate surface area is 113 Å². The van der Waals surface area contributed by atoms with Gasteiger partial charge in [-0.1, -0.05) is 17.7 Å². The predicted molar refractivity (Wildman–Crippen MR) is 75.9 cm³/mol. The van der Waals surface area contributed by atoms with Gasteiger partial charge in [0.25, 0.3) is 0 Å². The summed E-state index contributed by atoms with van der Waals surface area (Å²) in [4.78, 5) is 4.76. The minimum Gasteiger partial charge on any atom is -0.302 e. The van der Waals surface area contributed by atoms with Gasteiger partial charge >= 0.3 is 0 Å². The second kappa shape index (κ2) is 3.45. The van der Waals surface area contributed by atoms with Gasteiger partial charge in [-0.2, -0.15) is 0 Å². The van der Waals surface area contributed by atoms with Crippen molar-refractivity contribution in [3.63, 3.8) is 0 Å². The average Bonchev–Trinajstić information content (AvgIpc) is 2.86. The first-order valence-electron chi connectivity index (χ1n) is 5.99. The molecule has 2 heterocycles. The smallest absolute Gasteiger partial charge is 0.137 e. The molecule has 1 aliphatic rings. The summed E-state index contributed by atoms with van der Waals surface area (Å²) in [5.74, 6) is 0. The molecule has 0 amide bonds. The van der Waals surface area contributed by atoms with Gasteiger partial charge in [-0.3, -0.25) is 0 Å². The van der Waals surface area contributed by atoms with E-state index >= 15 is 0 Å². The zero-order valence-corrected chi connectivity index (χ0v) is 11.5. The van der Waals surface area contributed by atoms with Crippen molar-refractivity contribution in [2.45, 2.75) is 13.3 Å². The average molecular weight is 299 g/mol. The van der Waals surface area contributed by atoms with Gasteiger partial charge in [-0.15, -0.1) is 0 Å². The van der Waals surface area contributed by atoms with Crippen LogP contribution in [0, 0.1) is 6.92 Å². The highest BCUT2D eigenvalue weighted by atomic mass is 79.9. The molecule has 1 aromatic carbocycles. The van der Waals surface area contributed by atoms with Crippen LogP contribution in [0.5, 0.6) is 0 Å². The molecule has 0 saturated carbocycles. The van der Waals surface area contributed by atoms with Gasteiger partial charge in [0.2, 0.25) is 0 Å². The highest BCUT2D eigenvalue weighted by molar-refractivity contribution is 9.10. The van der Waals surface area contributed by atoms with Crippen LogP contribution in [0.15, 0.2) is 41.0 Å². The molecule has 2 aromatic heterocycles. The van der Waals surface area contributed by atoms with E-state index in [4.69, 9.17) is 4.98 Å². The number of aromatic nitrogens is 2. The van der Waals surface area contributed by atoms with Gasteiger partial charge in [-0.05, 0) is 46.6 Å². The third kappa shape index (κ3) is 1.31. The lowest BCUT2D eigenvalue weighted by Crippen LogP contribution is -1.91. The van der Waals surface area contributed by atoms with E-state index in [1.165, 1.54) is 22.4 Å². The van der Waals surface area contributed by atoms with E-state index in [2.05, 4.69) is 57.7 Å². The zero-order chi connectivity index (χ0) is 12.3. The maximum atomic E-state index is 4.76. The minimum atomic E-state index is 0.975. The van der Waals surface area contributed by atoms with Crippen LogP contribution in [0.1, 0.15) is 16.8 Å². The zero-order valence-electron chi connectivity index (χ0n) is 9.94. The molecule has 3 heteroatoms. The number of fused-ring (bicyclic) bond motifs is 5. The molecule has 18 heavy (non-hydrogen) atoms. The Balaban J connectivity index is 2.06. The molecular formula is C15H11BrN2. The lowest BCUT2D eigenvalue weighted by atomic mass is 10.1. The van der Waals surface area contributed by atoms with Crippen LogP contribution >= 0.6 is 15.9 Å². The Morgan fingerprint density at radius 2 is 2.11 bits per heavy atom. The van der Waals surface area contributed by atoms with Crippen LogP contribution in [0.3, 0.4) is 0 Å². The molecule has 1 aliphatic carbocycles. The normalized spacial score (nSPS) is 12.8. The van der Waals surface area contributed by atoms with E-state index < -0.39 is 0 Å². The van der Waals surface area contributed by atoms with Gasteiger partial charge < -0.3 is 4.40 Å². The van der Waals surface area contributed by atoms with Crippen molar-refractivity contribution in [1.82, 2.24) is 9.38 Å². The van der Waals surface area contributed by atoms with Gasteiger partial charge in [-0.25, -0.2) is 4.98 Å². The van der Waals surface area contributed by atoms with Crippen molar-refractivity contribution in [1.29, 1.82) is 0 Å². The maximum Gasteiger partial charge on any atom is 0.137 e. The van der Waals surface area contributed by atoms with E-state index in [1.807, 2.05) is 6.07 Å². The van der Waals surface area contributed by atoms with Crippen molar-refractivity contribution in [2.24, 2.45) is 0 Å². The number of aryl methyl sites for hydroxylation is 1. The summed E-state index contributed by atoms with van der Waals surface area (Å²) >= 11 is 3.52. The summed E-state index contributed by atoms with van der Waals surface area (Å²) < 4.78 is 3.27. The van der Waals surface area contributed by atoms with E-state index in [-0.39, 0.29) is 0 Å². The third-order valence-corrected chi connectivity index (χ3v) is 4.03. The summed E-state index contributed by atoms with van der Waals surface area (Å²) in [5.41, 5.74) is 7.44. The molecule has 2 nitrogen and oxygen atoms in total. The van der Waals surface area contributed by atoms with Gasteiger partial charge in [0, 0.05) is 22.7 Å². The molecule has 0 N–H and O–H groups in total. The van der Waals surface area contributed by atoms with Crippen LogP contribution in [0.25, 0.3) is 16.9 Å². The van der Waals surface area contributed by atoms with Crippen molar-refractivity contribution >= 4 is 21.6 Å². The van der Waals surface area contributed by atoms with Gasteiger partial charge in [0.05, 0.1) is 11.4 Å².